The number of primary amides is 1. The van der Waals surface area contributed by atoms with Crippen molar-refractivity contribution >= 4 is 63.4 Å². The number of likely N-dealkylation sites (N-methyl/N-ethyl adjacent to an activating group) is 1. The Morgan fingerprint density at radius 1 is 1.15 bits per heavy atom. The van der Waals surface area contributed by atoms with Crippen molar-refractivity contribution in [1.29, 1.82) is 0 Å². The number of benzene rings is 1. The molecule has 11 heteroatoms. The number of phenolic OH excluding ortho intramolecular Hbond substituents is 1. The fraction of sp³-hybridized carbons (Fsp3) is 0.607. The standard InChI is InChI=1S/C28H33IN2O7S/c1-31(2)21-16-9-12-8-15-17(29)10-13(11-39-14-6-4-3-5-7-14)22(32)19(15)23(33)18(12)25(35)28(16,38)26(36)20(24(21)34)27(30)37/h10,12,14,16,18,20-21,32,38H,3-9,11H2,1-2H3,(H2,30,37). The second kappa shape index (κ2) is 10.5. The van der Waals surface area contributed by atoms with Gasteiger partial charge in [0.15, 0.2) is 34.7 Å². The van der Waals surface area contributed by atoms with E-state index in [1.54, 1.807) is 25.9 Å². The normalized spacial score (nSPS) is 33.1. The number of rotatable bonds is 5. The summed E-state index contributed by atoms with van der Waals surface area (Å²) in [6.45, 7) is 0. The zero-order chi connectivity index (χ0) is 28.4. The predicted octanol–water partition coefficient (Wildman–Crippen LogP) is 2.04. The third-order valence-electron chi connectivity index (χ3n) is 9.11. The van der Waals surface area contributed by atoms with E-state index >= 15 is 0 Å². The number of phenols is 1. The third kappa shape index (κ3) is 4.47. The number of aliphatic hydroxyl groups is 1. The zero-order valence-corrected chi connectivity index (χ0v) is 24.9. The predicted molar refractivity (Wildman–Crippen MR) is 152 cm³/mol. The number of halogens is 1. The van der Waals surface area contributed by atoms with Crippen LogP contribution in [0.25, 0.3) is 0 Å². The second-order valence-electron chi connectivity index (χ2n) is 11.6. The molecule has 39 heavy (non-hydrogen) atoms. The summed E-state index contributed by atoms with van der Waals surface area (Å²) in [6.07, 6.45) is 6.21. The first-order chi connectivity index (χ1) is 18.4. The van der Waals surface area contributed by atoms with Gasteiger partial charge in [0, 0.05) is 26.1 Å². The molecule has 9 nitrogen and oxygen atoms in total. The highest BCUT2D eigenvalue weighted by Gasteiger charge is 2.69. The maximum atomic E-state index is 13.9. The number of aromatic hydroxyl groups is 1. The third-order valence-corrected chi connectivity index (χ3v) is 11.5. The average Bonchev–Trinajstić information content (AvgIpc) is 2.87. The molecule has 4 aliphatic rings. The van der Waals surface area contributed by atoms with Crippen molar-refractivity contribution in [2.45, 2.75) is 67.6 Å². The molecule has 3 fully saturated rings. The van der Waals surface area contributed by atoms with E-state index < -0.39 is 64.4 Å². The Morgan fingerprint density at radius 3 is 2.44 bits per heavy atom. The number of amides is 1. The van der Waals surface area contributed by atoms with Crippen LogP contribution in [0, 0.1) is 27.2 Å². The van der Waals surface area contributed by atoms with Crippen LogP contribution >= 0.6 is 34.4 Å². The number of carbonyl (C=O) groups excluding carboxylic acids is 5. The molecule has 0 aromatic heterocycles. The van der Waals surface area contributed by atoms with Crippen LogP contribution in [0.1, 0.15) is 60.0 Å². The van der Waals surface area contributed by atoms with Gasteiger partial charge < -0.3 is 15.9 Å². The maximum Gasteiger partial charge on any atom is 0.235 e. The highest BCUT2D eigenvalue weighted by molar-refractivity contribution is 14.1. The van der Waals surface area contributed by atoms with Crippen LogP contribution in [0.2, 0.25) is 0 Å². The molecule has 1 aromatic rings. The van der Waals surface area contributed by atoms with E-state index in [1.807, 2.05) is 6.07 Å². The van der Waals surface area contributed by atoms with Gasteiger partial charge in [0.1, 0.15) is 5.75 Å². The van der Waals surface area contributed by atoms with Crippen LogP contribution in [-0.4, -0.2) is 75.1 Å². The van der Waals surface area contributed by atoms with Gasteiger partial charge in [-0.05, 0) is 79.9 Å². The fourth-order valence-electron chi connectivity index (χ4n) is 7.23. The summed E-state index contributed by atoms with van der Waals surface area (Å²) in [4.78, 5) is 68.0. The van der Waals surface area contributed by atoms with E-state index in [1.165, 1.54) is 24.2 Å². The monoisotopic (exact) mass is 668 g/mol. The molecular weight excluding hydrogens is 635 g/mol. The topological polar surface area (TPSA) is 155 Å². The molecule has 0 spiro atoms. The van der Waals surface area contributed by atoms with E-state index in [9.17, 15) is 34.2 Å². The van der Waals surface area contributed by atoms with E-state index in [0.717, 1.165) is 16.4 Å². The van der Waals surface area contributed by atoms with Crippen LogP contribution < -0.4 is 5.73 Å². The SMILES string of the molecule is CN(C)C1C(=O)C(C(N)=O)C(=O)C2(O)C(=O)C3C(=O)c4c(O)c(CSC5CCCCC5)cc(I)c4CC3CC12. The van der Waals surface area contributed by atoms with Crippen LogP contribution in [0.4, 0.5) is 0 Å². The largest absolute Gasteiger partial charge is 0.507 e. The molecule has 4 aliphatic carbocycles. The Balaban J connectivity index is 1.53. The summed E-state index contributed by atoms with van der Waals surface area (Å²) in [7, 11) is 3.14. The number of ketones is 4. The summed E-state index contributed by atoms with van der Waals surface area (Å²) in [6, 6.07) is 0.797. The van der Waals surface area contributed by atoms with Crippen molar-refractivity contribution in [3.05, 3.63) is 26.3 Å². The van der Waals surface area contributed by atoms with Gasteiger partial charge in [0.05, 0.1) is 17.5 Å². The lowest BCUT2D eigenvalue weighted by Crippen LogP contribution is -2.74. The Hall–Kier alpha value is -1.83. The summed E-state index contributed by atoms with van der Waals surface area (Å²) >= 11 is 3.92. The van der Waals surface area contributed by atoms with E-state index in [-0.39, 0.29) is 24.2 Å². The van der Waals surface area contributed by atoms with Gasteiger partial charge in [0.2, 0.25) is 5.91 Å². The molecule has 0 saturated heterocycles. The average molecular weight is 669 g/mol. The number of thioether (sulfide) groups is 1. The Kier molecular flexibility index (Phi) is 7.75. The minimum absolute atomic E-state index is 0.0556. The van der Waals surface area contributed by atoms with Gasteiger partial charge in [-0.1, -0.05) is 19.3 Å². The molecule has 0 heterocycles. The zero-order valence-electron chi connectivity index (χ0n) is 21.9. The van der Waals surface area contributed by atoms with Crippen molar-refractivity contribution in [1.82, 2.24) is 4.90 Å². The summed E-state index contributed by atoms with van der Waals surface area (Å²) < 4.78 is 0.813. The van der Waals surface area contributed by atoms with Crippen LogP contribution in [0.5, 0.6) is 5.75 Å². The van der Waals surface area contributed by atoms with Crippen molar-refractivity contribution in [3.8, 4) is 5.75 Å². The first-order valence-electron chi connectivity index (χ1n) is 13.4. The minimum Gasteiger partial charge on any atom is -0.507 e. The van der Waals surface area contributed by atoms with Crippen molar-refractivity contribution in [2.75, 3.05) is 14.1 Å². The van der Waals surface area contributed by atoms with Crippen LogP contribution in [0.15, 0.2) is 6.07 Å². The molecule has 3 saturated carbocycles. The van der Waals surface area contributed by atoms with Crippen molar-refractivity contribution in [2.24, 2.45) is 29.4 Å². The summed E-state index contributed by atoms with van der Waals surface area (Å²) in [5.41, 5.74) is 4.02. The molecule has 4 N–H and O–H groups in total. The number of Topliss-reactive ketones (excluding diaryl/α,β-unsaturated/α-hetero) is 4. The Morgan fingerprint density at radius 2 is 1.82 bits per heavy atom. The molecule has 0 aliphatic heterocycles. The van der Waals surface area contributed by atoms with Gasteiger partial charge in [-0.3, -0.25) is 28.9 Å². The molecule has 1 aromatic carbocycles. The second-order valence-corrected chi connectivity index (χ2v) is 14.0. The number of nitrogens with two attached hydrogens (primary N) is 1. The fourth-order valence-corrected chi connectivity index (χ4v) is 9.40. The van der Waals surface area contributed by atoms with Gasteiger partial charge in [-0.25, -0.2) is 0 Å². The highest BCUT2D eigenvalue weighted by Crippen LogP contribution is 2.51. The Bertz CT molecular complexity index is 1280. The quantitative estimate of drug-likeness (QED) is 0.316. The maximum absolute atomic E-state index is 13.9. The molecule has 0 bridgehead atoms. The van der Waals surface area contributed by atoms with Gasteiger partial charge in [-0.15, -0.1) is 0 Å². The molecule has 5 rings (SSSR count). The number of hydrogen-bond acceptors (Lipinski definition) is 9. The first-order valence-corrected chi connectivity index (χ1v) is 15.5. The van der Waals surface area contributed by atoms with Crippen LogP contribution in [0.3, 0.4) is 0 Å². The van der Waals surface area contributed by atoms with Crippen LogP contribution in [-0.2, 0) is 31.4 Å². The molecular formula is C28H33IN2O7S. The lowest BCUT2D eigenvalue weighted by atomic mass is 9.52. The minimum atomic E-state index is -2.70. The van der Waals surface area contributed by atoms with Crippen molar-refractivity contribution < 1.29 is 34.2 Å². The lowest BCUT2D eigenvalue weighted by Gasteiger charge is -2.52. The summed E-state index contributed by atoms with van der Waals surface area (Å²) in [5.74, 6) is -9.49. The highest BCUT2D eigenvalue weighted by atomic mass is 127. The number of carbonyl (C=O) groups is 5. The smallest absolute Gasteiger partial charge is 0.235 e. The van der Waals surface area contributed by atoms with E-state index in [2.05, 4.69) is 22.6 Å². The summed E-state index contributed by atoms with van der Waals surface area (Å²) in [5, 5.41) is 23.4. The molecule has 210 valence electrons. The first kappa shape index (κ1) is 28.7. The number of hydrogen-bond donors (Lipinski definition) is 3. The van der Waals surface area contributed by atoms with Gasteiger partial charge >= 0.3 is 0 Å². The Labute approximate surface area is 244 Å². The molecule has 6 atom stereocenters. The van der Waals surface area contributed by atoms with Crippen molar-refractivity contribution in [3.63, 3.8) is 0 Å². The molecule has 1 amide bonds. The number of nitrogens with zero attached hydrogens (tertiary/aromatic N) is 1. The lowest BCUT2D eigenvalue weighted by molar-refractivity contribution is -0.181. The molecule has 0 radical (unpaired) electrons. The molecule has 6 unspecified atom stereocenters. The van der Waals surface area contributed by atoms with Gasteiger partial charge in [0.25, 0.3) is 0 Å². The van der Waals surface area contributed by atoms with E-state index in [4.69, 9.17) is 5.73 Å². The number of fused-ring (bicyclic) bond motifs is 3. The van der Waals surface area contributed by atoms with Gasteiger partial charge in [-0.2, -0.15) is 11.8 Å². The van der Waals surface area contributed by atoms with E-state index in [0.29, 0.717) is 22.1 Å².